The third kappa shape index (κ3) is 5.08. The highest BCUT2D eigenvalue weighted by atomic mass is 15.2. The van der Waals surface area contributed by atoms with Crippen molar-refractivity contribution in [1.29, 1.82) is 0 Å². The van der Waals surface area contributed by atoms with E-state index >= 15 is 0 Å². The molecule has 1 aliphatic rings. The van der Waals surface area contributed by atoms with E-state index in [9.17, 15) is 0 Å². The monoisotopic (exact) mass is 289 g/mol. The second-order valence-electron chi connectivity index (χ2n) is 6.98. The van der Waals surface area contributed by atoms with Crippen molar-refractivity contribution in [2.45, 2.75) is 65.6 Å². The van der Waals surface area contributed by atoms with Gasteiger partial charge in [-0.05, 0) is 36.8 Å². The zero-order valence-corrected chi connectivity index (χ0v) is 14.1. The molecule has 1 aromatic heterocycles. The summed E-state index contributed by atoms with van der Waals surface area (Å²) in [6.45, 7) is 12.4. The van der Waals surface area contributed by atoms with E-state index in [2.05, 4.69) is 49.0 Å². The van der Waals surface area contributed by atoms with Crippen LogP contribution in [-0.4, -0.2) is 35.1 Å². The average Bonchev–Trinajstić information content (AvgIpc) is 2.41. The number of nitrogens with zero attached hydrogens (tertiary/aromatic N) is 2. The van der Waals surface area contributed by atoms with Crippen LogP contribution >= 0.6 is 0 Å². The van der Waals surface area contributed by atoms with Gasteiger partial charge in [0, 0.05) is 44.1 Å². The minimum Gasteiger partial charge on any atom is -0.311 e. The Kier molecular flexibility index (Phi) is 6.19. The molecule has 21 heavy (non-hydrogen) atoms. The maximum absolute atomic E-state index is 4.35. The van der Waals surface area contributed by atoms with Crippen molar-refractivity contribution in [2.24, 2.45) is 5.92 Å². The van der Waals surface area contributed by atoms with Crippen LogP contribution < -0.4 is 5.32 Å². The first kappa shape index (κ1) is 16.4. The van der Waals surface area contributed by atoms with Crippen molar-refractivity contribution in [3.8, 4) is 0 Å². The molecule has 0 spiro atoms. The quantitative estimate of drug-likeness (QED) is 0.870. The summed E-state index contributed by atoms with van der Waals surface area (Å²) >= 11 is 0. The summed E-state index contributed by atoms with van der Waals surface area (Å²) in [7, 11) is 0. The Balaban J connectivity index is 2.05. The highest BCUT2D eigenvalue weighted by Crippen LogP contribution is 2.19. The number of nitrogens with one attached hydrogen (secondary N) is 1. The van der Waals surface area contributed by atoms with Crippen LogP contribution in [0.5, 0.6) is 0 Å². The number of aromatic nitrogens is 1. The van der Waals surface area contributed by atoms with Crippen LogP contribution in [0.25, 0.3) is 0 Å². The molecule has 2 unspecified atom stereocenters. The molecule has 1 aromatic rings. The molecule has 2 atom stereocenters. The van der Waals surface area contributed by atoms with E-state index in [1.807, 2.05) is 12.4 Å². The lowest BCUT2D eigenvalue weighted by Crippen LogP contribution is -2.56. The summed E-state index contributed by atoms with van der Waals surface area (Å²) in [5, 5.41) is 3.75. The smallest absolute Gasteiger partial charge is 0.0313 e. The molecule has 1 fully saturated rings. The minimum atomic E-state index is 0.649. The number of aryl methyl sites for hydroxylation is 1. The summed E-state index contributed by atoms with van der Waals surface area (Å²) in [6.07, 6.45) is 7.76. The SMILES string of the molecule is CCCC1CN(Cc2cncc(C)c2)C(CC(C)C)CN1. The zero-order chi connectivity index (χ0) is 15.2. The normalized spacial score (nSPS) is 23.7. The first-order valence-corrected chi connectivity index (χ1v) is 8.46. The second kappa shape index (κ2) is 7.90. The lowest BCUT2D eigenvalue weighted by molar-refractivity contribution is 0.103. The van der Waals surface area contributed by atoms with E-state index < -0.39 is 0 Å². The van der Waals surface area contributed by atoms with Crippen LogP contribution in [0.4, 0.5) is 0 Å². The third-order valence-corrected chi connectivity index (χ3v) is 4.31. The fraction of sp³-hybridized carbons (Fsp3) is 0.722. The Bertz CT molecular complexity index is 430. The summed E-state index contributed by atoms with van der Waals surface area (Å²) in [5.41, 5.74) is 2.61. The molecule has 3 nitrogen and oxygen atoms in total. The van der Waals surface area contributed by atoms with E-state index in [4.69, 9.17) is 0 Å². The van der Waals surface area contributed by atoms with Gasteiger partial charge in [0.1, 0.15) is 0 Å². The van der Waals surface area contributed by atoms with Gasteiger partial charge in [-0.15, -0.1) is 0 Å². The van der Waals surface area contributed by atoms with Gasteiger partial charge < -0.3 is 5.32 Å². The molecule has 1 aliphatic heterocycles. The largest absolute Gasteiger partial charge is 0.311 e. The molecule has 2 heterocycles. The summed E-state index contributed by atoms with van der Waals surface area (Å²) in [5.74, 6) is 0.748. The van der Waals surface area contributed by atoms with E-state index in [1.165, 1.54) is 36.9 Å². The Hall–Kier alpha value is -0.930. The number of rotatable bonds is 6. The fourth-order valence-corrected chi connectivity index (χ4v) is 3.38. The fourth-order valence-electron chi connectivity index (χ4n) is 3.38. The van der Waals surface area contributed by atoms with Crippen molar-refractivity contribution < 1.29 is 0 Å². The first-order valence-electron chi connectivity index (χ1n) is 8.46. The van der Waals surface area contributed by atoms with Gasteiger partial charge in [0.25, 0.3) is 0 Å². The Morgan fingerprint density at radius 1 is 1.38 bits per heavy atom. The highest BCUT2D eigenvalue weighted by molar-refractivity contribution is 5.16. The summed E-state index contributed by atoms with van der Waals surface area (Å²) in [4.78, 5) is 7.02. The van der Waals surface area contributed by atoms with E-state index in [1.54, 1.807) is 0 Å². The molecule has 3 heteroatoms. The molecular formula is C18H31N3. The lowest BCUT2D eigenvalue weighted by Gasteiger charge is -2.41. The Labute approximate surface area is 130 Å². The van der Waals surface area contributed by atoms with Crippen molar-refractivity contribution in [2.75, 3.05) is 13.1 Å². The third-order valence-electron chi connectivity index (χ3n) is 4.31. The molecule has 0 saturated carbocycles. The molecule has 0 amide bonds. The van der Waals surface area contributed by atoms with Crippen molar-refractivity contribution >= 4 is 0 Å². The van der Waals surface area contributed by atoms with Gasteiger partial charge >= 0.3 is 0 Å². The van der Waals surface area contributed by atoms with Crippen LogP contribution in [0, 0.1) is 12.8 Å². The van der Waals surface area contributed by atoms with Crippen LogP contribution in [0.2, 0.25) is 0 Å². The molecule has 1 N–H and O–H groups in total. The number of piperazine rings is 1. The first-order chi connectivity index (χ1) is 10.1. The summed E-state index contributed by atoms with van der Waals surface area (Å²) < 4.78 is 0. The predicted octanol–water partition coefficient (Wildman–Crippen LogP) is 3.38. The molecule has 0 radical (unpaired) electrons. The zero-order valence-electron chi connectivity index (χ0n) is 14.1. The van der Waals surface area contributed by atoms with Gasteiger partial charge in [0.05, 0.1) is 0 Å². The molecule has 118 valence electrons. The lowest BCUT2D eigenvalue weighted by atomic mass is 9.97. The van der Waals surface area contributed by atoms with Gasteiger partial charge in [-0.25, -0.2) is 0 Å². The van der Waals surface area contributed by atoms with Crippen molar-refractivity contribution in [1.82, 2.24) is 15.2 Å². The van der Waals surface area contributed by atoms with E-state index in [-0.39, 0.29) is 0 Å². The van der Waals surface area contributed by atoms with E-state index in [0.717, 1.165) is 19.0 Å². The van der Waals surface area contributed by atoms with Crippen LogP contribution in [0.1, 0.15) is 51.2 Å². The number of pyridine rings is 1. The Morgan fingerprint density at radius 2 is 2.19 bits per heavy atom. The van der Waals surface area contributed by atoms with Gasteiger partial charge in [-0.2, -0.15) is 0 Å². The second-order valence-corrected chi connectivity index (χ2v) is 6.98. The Morgan fingerprint density at radius 3 is 2.86 bits per heavy atom. The van der Waals surface area contributed by atoms with Gasteiger partial charge in [0.15, 0.2) is 0 Å². The molecule has 1 saturated heterocycles. The van der Waals surface area contributed by atoms with E-state index in [0.29, 0.717) is 12.1 Å². The maximum Gasteiger partial charge on any atom is 0.0313 e. The summed E-state index contributed by atoms with van der Waals surface area (Å²) in [6, 6.07) is 3.57. The standard InChI is InChI=1S/C18H31N3/c1-5-6-17-13-21(18(11-20-17)7-14(2)3)12-16-8-15(4)9-19-10-16/h8-10,14,17-18,20H,5-7,11-13H2,1-4H3. The minimum absolute atomic E-state index is 0.649. The van der Waals surface area contributed by atoms with Crippen LogP contribution in [0.15, 0.2) is 18.5 Å². The molecule has 0 aliphatic carbocycles. The average molecular weight is 289 g/mol. The number of hydrogen-bond acceptors (Lipinski definition) is 3. The molecule has 0 bridgehead atoms. The van der Waals surface area contributed by atoms with Gasteiger partial charge in [-0.1, -0.05) is 33.3 Å². The van der Waals surface area contributed by atoms with Crippen molar-refractivity contribution in [3.05, 3.63) is 29.6 Å². The number of hydrogen-bond donors (Lipinski definition) is 1. The van der Waals surface area contributed by atoms with Crippen molar-refractivity contribution in [3.63, 3.8) is 0 Å². The maximum atomic E-state index is 4.35. The van der Waals surface area contributed by atoms with Crippen LogP contribution in [0.3, 0.4) is 0 Å². The topological polar surface area (TPSA) is 28.2 Å². The molecule has 2 rings (SSSR count). The molecular weight excluding hydrogens is 258 g/mol. The van der Waals surface area contributed by atoms with Crippen LogP contribution in [-0.2, 0) is 6.54 Å². The van der Waals surface area contributed by atoms with Gasteiger partial charge in [-0.3, -0.25) is 9.88 Å². The predicted molar refractivity (Wildman–Crippen MR) is 89.3 cm³/mol. The van der Waals surface area contributed by atoms with Gasteiger partial charge in [0.2, 0.25) is 0 Å². The molecule has 0 aromatic carbocycles. The highest BCUT2D eigenvalue weighted by Gasteiger charge is 2.27.